The lowest BCUT2D eigenvalue weighted by Gasteiger charge is -2.28. The lowest BCUT2D eigenvalue weighted by Crippen LogP contribution is -2.38. The molecule has 11 nitrogen and oxygen atoms in total. The molecule has 0 radical (unpaired) electrons. The number of nitrogens with one attached hydrogen (secondary N) is 1. The summed E-state index contributed by atoms with van der Waals surface area (Å²) < 4.78 is 9.86. The molecule has 13 heteroatoms. The molecule has 1 aromatic rings. The van der Waals surface area contributed by atoms with E-state index in [-0.39, 0.29) is 29.0 Å². The van der Waals surface area contributed by atoms with Crippen LogP contribution in [0.5, 0.6) is 5.75 Å². The normalized spacial score (nSPS) is 29.7. The Morgan fingerprint density at radius 3 is 2.33 bits per heavy atom. The summed E-state index contributed by atoms with van der Waals surface area (Å²) in [6.07, 6.45) is 0.601. The number of methoxy groups -OCH3 is 1. The van der Waals surface area contributed by atoms with Gasteiger partial charge in [0.25, 0.3) is 11.6 Å². The summed E-state index contributed by atoms with van der Waals surface area (Å²) in [5.74, 6) is -4.13. The fourth-order valence-corrected chi connectivity index (χ4v) is 5.87. The number of nitrogens with zero attached hydrogens (tertiary/aromatic N) is 2. The molecule has 1 aromatic carbocycles. The van der Waals surface area contributed by atoms with Gasteiger partial charge >= 0.3 is 5.97 Å². The summed E-state index contributed by atoms with van der Waals surface area (Å²) in [6.45, 7) is -1.41. The Morgan fingerprint density at radius 2 is 1.79 bits per heavy atom. The standard InChI is InChI=1S/C20H19Cl2N3O8/c1-32-8-2-3-12(25(30)31)11(4-8)23-13(26)7-33-14(27)6-24-19(28)15-9-5-10(16(15)20(24)29)18(22)17(9)21/h2-4,9-10,15-18H,5-7H2,1H3,(H,23,26)/t9-,10-,15-,16+,17+,18+/m1/s1. The van der Waals surface area contributed by atoms with Crippen LogP contribution in [0.4, 0.5) is 11.4 Å². The highest BCUT2D eigenvalue weighted by Crippen LogP contribution is 2.59. The van der Waals surface area contributed by atoms with Gasteiger partial charge in [0.15, 0.2) is 6.61 Å². The maximum atomic E-state index is 12.8. The van der Waals surface area contributed by atoms with E-state index in [0.29, 0.717) is 6.42 Å². The third-order valence-corrected chi connectivity index (χ3v) is 7.72. The molecule has 3 fully saturated rings. The minimum absolute atomic E-state index is 0.139. The molecule has 3 aliphatic rings. The van der Waals surface area contributed by atoms with Crippen LogP contribution in [0.1, 0.15) is 6.42 Å². The van der Waals surface area contributed by atoms with Crippen LogP contribution < -0.4 is 10.1 Å². The minimum atomic E-state index is -0.968. The number of amides is 3. The van der Waals surface area contributed by atoms with Crippen molar-refractivity contribution in [2.75, 3.05) is 25.6 Å². The summed E-state index contributed by atoms with van der Waals surface area (Å²) in [5, 5.41) is 12.6. The first-order valence-corrected chi connectivity index (χ1v) is 10.9. The van der Waals surface area contributed by atoms with Crippen LogP contribution in [0.2, 0.25) is 0 Å². The van der Waals surface area contributed by atoms with Crippen LogP contribution in [0.15, 0.2) is 18.2 Å². The van der Waals surface area contributed by atoms with Crippen molar-refractivity contribution in [1.29, 1.82) is 0 Å². The third kappa shape index (κ3) is 3.99. The van der Waals surface area contributed by atoms with Crippen LogP contribution in [0.25, 0.3) is 0 Å². The Labute approximate surface area is 197 Å². The topological polar surface area (TPSA) is 145 Å². The van der Waals surface area contributed by atoms with E-state index in [9.17, 15) is 29.3 Å². The molecule has 176 valence electrons. The molecular weight excluding hydrogens is 481 g/mol. The number of carbonyl (C=O) groups excluding carboxylic acids is 4. The SMILES string of the molecule is COc1ccc([N+](=O)[O-])c(NC(=O)COC(=O)CN2C(=O)[C@@H]3[C@H]4C[C@@H]([C@H](Cl)[C@H]4Cl)[C@@H]3C2=O)c1. The summed E-state index contributed by atoms with van der Waals surface area (Å²) in [7, 11) is 1.36. The second-order valence-corrected chi connectivity index (χ2v) is 9.12. The molecule has 0 spiro atoms. The van der Waals surface area contributed by atoms with Gasteiger partial charge < -0.3 is 14.8 Å². The van der Waals surface area contributed by atoms with Crippen LogP contribution in [-0.2, 0) is 23.9 Å². The smallest absolute Gasteiger partial charge is 0.326 e. The fourth-order valence-electron chi connectivity index (χ4n) is 4.97. The first-order chi connectivity index (χ1) is 15.6. The van der Waals surface area contributed by atoms with E-state index in [2.05, 4.69) is 5.32 Å². The highest BCUT2D eigenvalue weighted by molar-refractivity contribution is 6.31. The Balaban J connectivity index is 1.34. The van der Waals surface area contributed by atoms with Gasteiger partial charge in [-0.25, -0.2) is 0 Å². The number of ether oxygens (including phenoxy) is 2. The van der Waals surface area contributed by atoms with Gasteiger partial charge in [0, 0.05) is 12.1 Å². The lowest BCUT2D eigenvalue weighted by molar-refractivity contribution is -0.383. The van der Waals surface area contributed by atoms with Crippen LogP contribution in [-0.4, -0.2) is 64.5 Å². The molecule has 3 amide bonds. The first kappa shape index (κ1) is 23.2. The molecule has 1 N–H and O–H groups in total. The number of rotatable bonds is 7. The molecule has 0 aromatic heterocycles. The number of hydrogen-bond donors (Lipinski definition) is 1. The molecule has 33 heavy (non-hydrogen) atoms. The van der Waals surface area contributed by atoms with E-state index in [4.69, 9.17) is 32.7 Å². The second kappa shape index (κ2) is 8.79. The number of anilines is 1. The fraction of sp³-hybridized carbons (Fsp3) is 0.500. The number of nitro benzene ring substituents is 1. The zero-order valence-electron chi connectivity index (χ0n) is 17.2. The van der Waals surface area contributed by atoms with Crippen LogP contribution >= 0.6 is 23.2 Å². The molecule has 4 rings (SSSR count). The van der Waals surface area contributed by atoms with Crippen molar-refractivity contribution in [3.63, 3.8) is 0 Å². The first-order valence-electron chi connectivity index (χ1n) is 10.0. The number of halogens is 2. The van der Waals surface area contributed by atoms with E-state index in [1.165, 1.54) is 19.2 Å². The highest BCUT2D eigenvalue weighted by atomic mass is 35.5. The van der Waals surface area contributed by atoms with Crippen LogP contribution in [0, 0.1) is 33.8 Å². The maximum absolute atomic E-state index is 12.8. The Hall–Kier alpha value is -2.92. The molecular formula is C20H19Cl2N3O8. The van der Waals surface area contributed by atoms with Gasteiger partial charge in [-0.2, -0.15) is 0 Å². The summed E-state index contributed by atoms with van der Waals surface area (Å²) in [6, 6.07) is 3.77. The number of nitro groups is 1. The summed E-state index contributed by atoms with van der Waals surface area (Å²) in [5.41, 5.74) is -0.514. The summed E-state index contributed by atoms with van der Waals surface area (Å²) >= 11 is 12.6. The predicted octanol–water partition coefficient (Wildman–Crippen LogP) is 1.55. The number of esters is 1. The molecule has 1 aliphatic heterocycles. The van der Waals surface area contributed by atoms with Crippen LogP contribution in [0.3, 0.4) is 0 Å². The monoisotopic (exact) mass is 499 g/mol. The van der Waals surface area contributed by atoms with Crippen molar-refractivity contribution in [3.8, 4) is 5.75 Å². The predicted molar refractivity (Wildman–Crippen MR) is 114 cm³/mol. The van der Waals surface area contributed by atoms with E-state index >= 15 is 0 Å². The number of alkyl halides is 2. The van der Waals surface area contributed by atoms with Gasteiger partial charge in [0.2, 0.25) is 11.8 Å². The van der Waals surface area contributed by atoms with Gasteiger partial charge in [-0.05, 0) is 24.3 Å². The highest BCUT2D eigenvalue weighted by Gasteiger charge is 2.66. The Kier molecular flexibility index (Phi) is 6.19. The summed E-state index contributed by atoms with van der Waals surface area (Å²) in [4.78, 5) is 61.2. The molecule has 1 saturated heterocycles. The third-order valence-electron chi connectivity index (χ3n) is 6.40. The van der Waals surface area contributed by atoms with Crippen molar-refractivity contribution in [2.45, 2.75) is 17.2 Å². The number of imide groups is 1. The number of benzene rings is 1. The zero-order valence-corrected chi connectivity index (χ0v) is 18.7. The average molecular weight is 500 g/mol. The number of carbonyl (C=O) groups is 4. The number of fused-ring (bicyclic) bond motifs is 5. The second-order valence-electron chi connectivity index (χ2n) is 8.12. The molecule has 2 saturated carbocycles. The van der Waals surface area contributed by atoms with E-state index in [1.54, 1.807) is 0 Å². The Bertz CT molecular complexity index is 1020. The number of likely N-dealkylation sites (tertiary alicyclic amines) is 1. The van der Waals surface area contributed by atoms with Crippen molar-refractivity contribution in [1.82, 2.24) is 4.90 Å². The van der Waals surface area contributed by atoms with Crippen molar-refractivity contribution in [2.24, 2.45) is 23.7 Å². The maximum Gasteiger partial charge on any atom is 0.326 e. The van der Waals surface area contributed by atoms with E-state index < -0.39 is 64.4 Å². The number of hydrogen-bond acceptors (Lipinski definition) is 8. The zero-order chi connectivity index (χ0) is 24.0. The van der Waals surface area contributed by atoms with Gasteiger partial charge in [-0.3, -0.25) is 34.2 Å². The van der Waals surface area contributed by atoms with Gasteiger partial charge in [-0.1, -0.05) is 0 Å². The van der Waals surface area contributed by atoms with Gasteiger partial charge in [0.1, 0.15) is 18.0 Å². The lowest BCUT2D eigenvalue weighted by atomic mass is 9.80. The Morgan fingerprint density at radius 1 is 1.18 bits per heavy atom. The van der Waals surface area contributed by atoms with E-state index in [0.717, 1.165) is 11.0 Å². The van der Waals surface area contributed by atoms with Crippen molar-refractivity contribution in [3.05, 3.63) is 28.3 Å². The van der Waals surface area contributed by atoms with Gasteiger partial charge in [-0.15, -0.1) is 23.2 Å². The molecule has 2 aliphatic carbocycles. The van der Waals surface area contributed by atoms with Gasteiger partial charge in [0.05, 0.1) is 34.6 Å². The minimum Gasteiger partial charge on any atom is -0.497 e. The molecule has 6 atom stereocenters. The molecule has 0 unspecified atom stereocenters. The quantitative estimate of drug-likeness (QED) is 0.195. The largest absolute Gasteiger partial charge is 0.497 e. The van der Waals surface area contributed by atoms with Crippen molar-refractivity contribution >= 4 is 58.3 Å². The average Bonchev–Trinajstić information content (AvgIpc) is 3.38. The molecule has 2 bridgehead atoms. The molecule has 1 heterocycles. The van der Waals surface area contributed by atoms with E-state index in [1.807, 2.05) is 0 Å². The van der Waals surface area contributed by atoms with Crippen molar-refractivity contribution < 1.29 is 33.6 Å².